The van der Waals surface area contributed by atoms with Gasteiger partial charge in [-0.15, -0.1) is 0 Å². The number of carbonyl (C=O) groups excluding carboxylic acids is 1. The molecular weight excluding hydrogens is 328 g/mol. The molecule has 2 heterocycles. The standard InChI is InChI=1S/C21H24N2O3/c1-4-25-19-12-18-10-14(2)26-20(18)11-16(19)7-8-21(24)23-15(3)17-6-5-9-22-13-17/h5-9,11-15H,4,10H2,1-3H3,(H,23,24)/b8-7+. The Labute approximate surface area is 154 Å². The third kappa shape index (κ3) is 4.23. The van der Waals surface area contributed by atoms with Gasteiger partial charge in [-0.3, -0.25) is 9.78 Å². The smallest absolute Gasteiger partial charge is 0.244 e. The number of benzene rings is 1. The van der Waals surface area contributed by atoms with Crippen molar-refractivity contribution in [2.75, 3.05) is 6.61 Å². The molecule has 0 fully saturated rings. The lowest BCUT2D eigenvalue weighted by Gasteiger charge is -2.12. The van der Waals surface area contributed by atoms with Crippen molar-refractivity contribution in [1.82, 2.24) is 10.3 Å². The molecule has 136 valence electrons. The first-order valence-corrected chi connectivity index (χ1v) is 8.91. The average molecular weight is 352 g/mol. The Balaban J connectivity index is 1.73. The van der Waals surface area contributed by atoms with Crippen molar-refractivity contribution in [3.8, 4) is 11.5 Å². The molecule has 1 aliphatic heterocycles. The molecule has 1 N–H and O–H groups in total. The summed E-state index contributed by atoms with van der Waals surface area (Å²) in [4.78, 5) is 16.3. The van der Waals surface area contributed by atoms with Gasteiger partial charge in [0.05, 0.1) is 12.6 Å². The van der Waals surface area contributed by atoms with Crippen LogP contribution in [-0.2, 0) is 11.2 Å². The maximum Gasteiger partial charge on any atom is 0.244 e. The minimum absolute atomic E-state index is 0.114. The van der Waals surface area contributed by atoms with E-state index in [0.717, 1.165) is 34.6 Å². The molecule has 0 bridgehead atoms. The van der Waals surface area contributed by atoms with E-state index in [1.54, 1.807) is 18.5 Å². The first-order valence-electron chi connectivity index (χ1n) is 8.91. The molecule has 0 saturated heterocycles. The Kier molecular flexibility index (Phi) is 5.56. The van der Waals surface area contributed by atoms with E-state index in [1.807, 2.05) is 45.0 Å². The number of nitrogens with zero attached hydrogens (tertiary/aromatic N) is 1. The molecule has 2 aromatic rings. The minimum Gasteiger partial charge on any atom is -0.493 e. The van der Waals surface area contributed by atoms with E-state index in [4.69, 9.17) is 9.47 Å². The summed E-state index contributed by atoms with van der Waals surface area (Å²) in [6, 6.07) is 7.63. The fraction of sp³-hybridized carbons (Fsp3) is 0.333. The molecule has 0 aliphatic carbocycles. The van der Waals surface area contributed by atoms with Gasteiger partial charge < -0.3 is 14.8 Å². The maximum atomic E-state index is 12.3. The van der Waals surface area contributed by atoms with Gasteiger partial charge in [0.25, 0.3) is 0 Å². The molecular formula is C21H24N2O3. The minimum atomic E-state index is -0.168. The van der Waals surface area contributed by atoms with Gasteiger partial charge in [-0.25, -0.2) is 0 Å². The average Bonchev–Trinajstić information content (AvgIpc) is 2.99. The Bertz CT molecular complexity index is 802. The molecule has 5 nitrogen and oxygen atoms in total. The maximum absolute atomic E-state index is 12.3. The van der Waals surface area contributed by atoms with Gasteiger partial charge in [-0.05, 0) is 50.6 Å². The number of amides is 1. The van der Waals surface area contributed by atoms with Crippen LogP contribution in [0.2, 0.25) is 0 Å². The second-order valence-corrected chi connectivity index (χ2v) is 6.41. The number of hydrogen-bond donors (Lipinski definition) is 1. The summed E-state index contributed by atoms with van der Waals surface area (Å²) in [6.07, 6.45) is 7.80. The molecule has 2 atom stereocenters. The van der Waals surface area contributed by atoms with Crippen molar-refractivity contribution >= 4 is 12.0 Å². The van der Waals surface area contributed by atoms with Crippen molar-refractivity contribution in [1.29, 1.82) is 0 Å². The lowest BCUT2D eigenvalue weighted by Crippen LogP contribution is -2.24. The molecule has 1 amide bonds. The Morgan fingerprint density at radius 3 is 3.08 bits per heavy atom. The number of rotatable bonds is 6. The molecule has 3 rings (SSSR count). The van der Waals surface area contributed by atoms with Crippen LogP contribution < -0.4 is 14.8 Å². The fourth-order valence-electron chi connectivity index (χ4n) is 3.01. The highest BCUT2D eigenvalue weighted by Gasteiger charge is 2.21. The highest BCUT2D eigenvalue weighted by atomic mass is 16.5. The summed E-state index contributed by atoms with van der Waals surface area (Å²) in [5, 5.41) is 2.94. The second kappa shape index (κ2) is 8.04. The summed E-state index contributed by atoms with van der Waals surface area (Å²) in [5.41, 5.74) is 2.95. The lowest BCUT2D eigenvalue weighted by molar-refractivity contribution is -0.117. The molecule has 0 saturated carbocycles. The molecule has 1 aromatic heterocycles. The second-order valence-electron chi connectivity index (χ2n) is 6.41. The number of aromatic nitrogens is 1. The quantitative estimate of drug-likeness (QED) is 0.806. The highest BCUT2D eigenvalue weighted by molar-refractivity contribution is 5.92. The first-order chi connectivity index (χ1) is 12.6. The SMILES string of the molecule is CCOc1cc2c(cc1/C=C/C(=O)NC(C)c1cccnc1)OC(C)C2. The van der Waals surface area contributed by atoms with Gasteiger partial charge in [-0.2, -0.15) is 0 Å². The third-order valence-electron chi connectivity index (χ3n) is 4.29. The van der Waals surface area contributed by atoms with Gasteiger partial charge in [-0.1, -0.05) is 6.07 Å². The first kappa shape index (κ1) is 18.0. The van der Waals surface area contributed by atoms with E-state index >= 15 is 0 Å². The predicted octanol–water partition coefficient (Wildman–Crippen LogP) is 3.69. The van der Waals surface area contributed by atoms with Crippen LogP contribution in [0.5, 0.6) is 11.5 Å². The van der Waals surface area contributed by atoms with Gasteiger partial charge in [0.1, 0.15) is 17.6 Å². The zero-order valence-corrected chi connectivity index (χ0v) is 15.4. The summed E-state index contributed by atoms with van der Waals surface area (Å²) in [7, 11) is 0. The van der Waals surface area contributed by atoms with Crippen molar-refractivity contribution in [3.63, 3.8) is 0 Å². The highest BCUT2D eigenvalue weighted by Crippen LogP contribution is 2.35. The van der Waals surface area contributed by atoms with E-state index in [9.17, 15) is 4.79 Å². The molecule has 1 aromatic carbocycles. The van der Waals surface area contributed by atoms with Crippen molar-refractivity contribution in [2.45, 2.75) is 39.3 Å². The Hall–Kier alpha value is -2.82. The van der Waals surface area contributed by atoms with Gasteiger partial charge in [0, 0.05) is 36.0 Å². The van der Waals surface area contributed by atoms with E-state index in [2.05, 4.69) is 10.3 Å². The summed E-state index contributed by atoms with van der Waals surface area (Å²) in [5.74, 6) is 1.47. The monoisotopic (exact) mass is 352 g/mol. The van der Waals surface area contributed by atoms with Crippen LogP contribution in [0, 0.1) is 0 Å². The molecule has 2 unspecified atom stereocenters. The number of hydrogen-bond acceptors (Lipinski definition) is 4. The van der Waals surface area contributed by atoms with E-state index in [0.29, 0.717) is 6.61 Å². The summed E-state index contributed by atoms with van der Waals surface area (Å²) in [6.45, 7) is 6.49. The lowest BCUT2D eigenvalue weighted by atomic mass is 10.1. The molecule has 5 heteroatoms. The summed E-state index contributed by atoms with van der Waals surface area (Å²) >= 11 is 0. The van der Waals surface area contributed by atoms with Crippen LogP contribution >= 0.6 is 0 Å². The number of fused-ring (bicyclic) bond motifs is 1. The Morgan fingerprint density at radius 2 is 2.35 bits per heavy atom. The number of nitrogens with one attached hydrogen (secondary N) is 1. The molecule has 1 aliphatic rings. The largest absolute Gasteiger partial charge is 0.493 e. The number of ether oxygens (including phenoxy) is 2. The van der Waals surface area contributed by atoms with E-state index < -0.39 is 0 Å². The van der Waals surface area contributed by atoms with Crippen molar-refractivity contribution in [2.24, 2.45) is 0 Å². The van der Waals surface area contributed by atoms with Gasteiger partial charge in [0.2, 0.25) is 5.91 Å². The molecule has 0 spiro atoms. The number of carbonyl (C=O) groups is 1. The van der Waals surface area contributed by atoms with Gasteiger partial charge in [0.15, 0.2) is 0 Å². The number of pyridine rings is 1. The van der Waals surface area contributed by atoms with Crippen molar-refractivity contribution in [3.05, 3.63) is 59.4 Å². The molecule has 26 heavy (non-hydrogen) atoms. The predicted molar refractivity (Wildman–Crippen MR) is 101 cm³/mol. The zero-order valence-electron chi connectivity index (χ0n) is 15.4. The van der Waals surface area contributed by atoms with Crippen LogP contribution in [0.25, 0.3) is 6.08 Å². The third-order valence-corrected chi connectivity index (χ3v) is 4.29. The zero-order chi connectivity index (χ0) is 18.5. The van der Waals surface area contributed by atoms with Crippen molar-refractivity contribution < 1.29 is 14.3 Å². The van der Waals surface area contributed by atoms with Crippen LogP contribution in [0.4, 0.5) is 0 Å². The van der Waals surface area contributed by atoms with Gasteiger partial charge >= 0.3 is 0 Å². The normalized spacial score (nSPS) is 16.8. The topological polar surface area (TPSA) is 60.5 Å². The van der Waals surface area contributed by atoms with Crippen LogP contribution in [0.3, 0.4) is 0 Å². The van der Waals surface area contributed by atoms with E-state index in [1.165, 1.54) is 6.08 Å². The fourth-order valence-corrected chi connectivity index (χ4v) is 3.01. The molecule has 0 radical (unpaired) electrons. The van der Waals surface area contributed by atoms with E-state index in [-0.39, 0.29) is 18.1 Å². The summed E-state index contributed by atoms with van der Waals surface area (Å²) < 4.78 is 11.5. The van der Waals surface area contributed by atoms with Crippen LogP contribution in [-0.4, -0.2) is 23.6 Å². The Morgan fingerprint density at radius 1 is 1.50 bits per heavy atom. The van der Waals surface area contributed by atoms with Crippen LogP contribution in [0.15, 0.2) is 42.7 Å². The van der Waals surface area contributed by atoms with Crippen LogP contribution in [0.1, 0.15) is 43.5 Å².